The number of benzene rings is 9. The Hall–Kier alpha value is -6.70. The quantitative estimate of drug-likeness (QED) is 0.168. The first-order chi connectivity index (χ1) is 26.5. The zero-order valence-corrected chi connectivity index (χ0v) is 30.5. The molecule has 1 aliphatic rings. The largest absolute Gasteiger partial charge is 0.310 e. The van der Waals surface area contributed by atoms with Crippen molar-refractivity contribution in [3.8, 4) is 44.5 Å². The second kappa shape index (κ2) is 12.8. The number of rotatable bonds is 6. The van der Waals surface area contributed by atoms with Gasteiger partial charge in [0, 0.05) is 22.4 Å². The lowest BCUT2D eigenvalue weighted by molar-refractivity contribution is 0.666. The van der Waals surface area contributed by atoms with Crippen LogP contribution < -0.4 is 4.90 Å². The van der Waals surface area contributed by atoms with Crippen molar-refractivity contribution < 1.29 is 0 Å². The number of fused-ring (bicyclic) bond motifs is 6. The van der Waals surface area contributed by atoms with Gasteiger partial charge in [0.1, 0.15) is 0 Å². The molecule has 10 rings (SSSR count). The van der Waals surface area contributed by atoms with E-state index >= 15 is 0 Å². The fourth-order valence-electron chi connectivity index (χ4n) is 8.84. The van der Waals surface area contributed by atoms with Crippen molar-refractivity contribution in [3.63, 3.8) is 0 Å². The number of anilines is 3. The smallest absolute Gasteiger partial charge is 0.0549 e. The molecule has 0 saturated heterocycles. The fraction of sp³-hybridized carbons (Fsp3) is 0.0566. The summed E-state index contributed by atoms with van der Waals surface area (Å²) in [6, 6.07) is 73.4. The average molecular weight is 690 g/mol. The molecule has 0 aromatic heterocycles. The molecule has 0 atom stereocenters. The summed E-state index contributed by atoms with van der Waals surface area (Å²) < 4.78 is 0. The molecule has 0 spiro atoms. The highest BCUT2D eigenvalue weighted by molar-refractivity contribution is 6.06. The molecular formula is C53H39N. The van der Waals surface area contributed by atoms with Crippen LogP contribution in [-0.4, -0.2) is 0 Å². The van der Waals surface area contributed by atoms with Crippen LogP contribution in [0.25, 0.3) is 66.1 Å². The van der Waals surface area contributed by atoms with Gasteiger partial charge in [0.15, 0.2) is 0 Å². The maximum absolute atomic E-state index is 2.51. The molecule has 0 fully saturated rings. The first kappa shape index (κ1) is 32.0. The van der Waals surface area contributed by atoms with E-state index in [0.717, 1.165) is 11.4 Å². The summed E-state index contributed by atoms with van der Waals surface area (Å²) in [4.78, 5) is 2.51. The van der Waals surface area contributed by atoms with Crippen molar-refractivity contribution in [2.45, 2.75) is 19.3 Å². The Labute approximate surface area is 317 Å². The van der Waals surface area contributed by atoms with Crippen LogP contribution in [0.15, 0.2) is 200 Å². The normalized spacial score (nSPS) is 12.8. The third-order valence-electron chi connectivity index (χ3n) is 11.4. The first-order valence-electron chi connectivity index (χ1n) is 18.8. The third-order valence-corrected chi connectivity index (χ3v) is 11.4. The van der Waals surface area contributed by atoms with Gasteiger partial charge < -0.3 is 4.90 Å². The second-order valence-corrected chi connectivity index (χ2v) is 14.9. The molecule has 256 valence electrons. The van der Waals surface area contributed by atoms with Gasteiger partial charge >= 0.3 is 0 Å². The van der Waals surface area contributed by atoms with Crippen molar-refractivity contribution in [3.05, 3.63) is 211 Å². The molecule has 9 aromatic carbocycles. The SMILES string of the molecule is CC1(C)c2ccccc2-c2c(N(c3ccc(-c4cccc5ccccc45)cc3)c3cc(-c4ccccc4)cc(-c4ccccc4)c3)cc3ccccc3c21. The van der Waals surface area contributed by atoms with E-state index in [1.54, 1.807) is 0 Å². The molecular weight excluding hydrogens is 651 g/mol. The molecule has 0 unspecified atom stereocenters. The van der Waals surface area contributed by atoms with Gasteiger partial charge in [-0.15, -0.1) is 0 Å². The molecule has 0 saturated carbocycles. The molecule has 9 aromatic rings. The highest BCUT2D eigenvalue weighted by atomic mass is 15.1. The van der Waals surface area contributed by atoms with Crippen LogP contribution in [0.2, 0.25) is 0 Å². The Morgan fingerprint density at radius 3 is 1.63 bits per heavy atom. The maximum atomic E-state index is 2.51. The molecule has 0 N–H and O–H groups in total. The topological polar surface area (TPSA) is 3.24 Å². The summed E-state index contributed by atoms with van der Waals surface area (Å²) in [5, 5.41) is 5.07. The highest BCUT2D eigenvalue weighted by Gasteiger charge is 2.39. The Bertz CT molecular complexity index is 2770. The fourth-order valence-corrected chi connectivity index (χ4v) is 8.84. The van der Waals surface area contributed by atoms with Crippen LogP contribution in [0.1, 0.15) is 25.0 Å². The van der Waals surface area contributed by atoms with Crippen LogP contribution in [0.4, 0.5) is 17.1 Å². The van der Waals surface area contributed by atoms with Gasteiger partial charge in [0.25, 0.3) is 0 Å². The van der Waals surface area contributed by atoms with E-state index in [4.69, 9.17) is 0 Å². The van der Waals surface area contributed by atoms with E-state index < -0.39 is 0 Å². The summed E-state index contributed by atoms with van der Waals surface area (Å²) in [7, 11) is 0. The molecule has 0 heterocycles. The van der Waals surface area contributed by atoms with Gasteiger partial charge in [-0.3, -0.25) is 0 Å². The lowest BCUT2D eigenvalue weighted by Crippen LogP contribution is -2.17. The lowest BCUT2D eigenvalue weighted by atomic mass is 9.80. The van der Waals surface area contributed by atoms with Crippen molar-refractivity contribution in [2.75, 3.05) is 4.90 Å². The van der Waals surface area contributed by atoms with Crippen molar-refractivity contribution in [2.24, 2.45) is 0 Å². The Kier molecular flexibility index (Phi) is 7.56. The van der Waals surface area contributed by atoms with E-state index in [1.165, 1.54) is 82.9 Å². The van der Waals surface area contributed by atoms with Gasteiger partial charge in [-0.2, -0.15) is 0 Å². The summed E-state index contributed by atoms with van der Waals surface area (Å²) in [6.07, 6.45) is 0. The number of hydrogen-bond acceptors (Lipinski definition) is 1. The molecule has 0 bridgehead atoms. The molecule has 0 amide bonds. The van der Waals surface area contributed by atoms with Gasteiger partial charge in [-0.25, -0.2) is 0 Å². The van der Waals surface area contributed by atoms with E-state index in [0.29, 0.717) is 0 Å². The van der Waals surface area contributed by atoms with Gasteiger partial charge in [-0.05, 0) is 108 Å². The van der Waals surface area contributed by atoms with E-state index in [1.807, 2.05) is 0 Å². The van der Waals surface area contributed by atoms with Crippen LogP contribution in [0.5, 0.6) is 0 Å². The molecule has 1 aliphatic carbocycles. The minimum absolute atomic E-state index is 0.174. The molecule has 1 nitrogen and oxygen atoms in total. The summed E-state index contributed by atoms with van der Waals surface area (Å²) in [5.74, 6) is 0. The van der Waals surface area contributed by atoms with E-state index in [-0.39, 0.29) is 5.41 Å². The lowest BCUT2D eigenvalue weighted by Gasteiger charge is -2.31. The zero-order chi connectivity index (χ0) is 36.2. The van der Waals surface area contributed by atoms with Crippen molar-refractivity contribution in [1.82, 2.24) is 0 Å². The van der Waals surface area contributed by atoms with E-state index in [9.17, 15) is 0 Å². The van der Waals surface area contributed by atoms with Gasteiger partial charge in [-0.1, -0.05) is 178 Å². The predicted molar refractivity (Wildman–Crippen MR) is 230 cm³/mol. The van der Waals surface area contributed by atoms with Crippen LogP contribution >= 0.6 is 0 Å². The highest BCUT2D eigenvalue weighted by Crippen LogP contribution is 2.57. The summed E-state index contributed by atoms with van der Waals surface area (Å²) in [5.41, 5.74) is 15.8. The monoisotopic (exact) mass is 689 g/mol. The minimum Gasteiger partial charge on any atom is -0.310 e. The van der Waals surface area contributed by atoms with Gasteiger partial charge in [0.2, 0.25) is 0 Å². The average Bonchev–Trinajstić information content (AvgIpc) is 3.48. The van der Waals surface area contributed by atoms with Crippen LogP contribution in [0, 0.1) is 0 Å². The number of hydrogen-bond donors (Lipinski definition) is 0. The zero-order valence-electron chi connectivity index (χ0n) is 30.5. The molecule has 0 aliphatic heterocycles. The Morgan fingerprint density at radius 1 is 0.370 bits per heavy atom. The molecule has 1 heteroatoms. The maximum Gasteiger partial charge on any atom is 0.0549 e. The van der Waals surface area contributed by atoms with Crippen molar-refractivity contribution in [1.29, 1.82) is 0 Å². The van der Waals surface area contributed by atoms with Gasteiger partial charge in [0.05, 0.1) is 5.69 Å². The standard InChI is InChI=1S/C53H39N/c1-53(2)49-27-14-13-25-48(49)51-50(35-40-21-10-12-24-47(40)52(51)53)54(43-30-28-39(29-31-43)46-26-15-22-38-20-9-11-23-45(38)46)44-33-41(36-16-5-3-6-17-36)32-42(34-44)37-18-7-4-8-19-37/h3-35H,1-2H3. The Morgan fingerprint density at radius 2 is 0.926 bits per heavy atom. The third kappa shape index (κ3) is 5.24. The Balaban J connectivity index is 1.27. The minimum atomic E-state index is -0.174. The predicted octanol–water partition coefficient (Wildman–Crippen LogP) is 14.8. The van der Waals surface area contributed by atoms with E-state index in [2.05, 4.69) is 219 Å². The summed E-state index contributed by atoms with van der Waals surface area (Å²) in [6.45, 7) is 4.78. The van der Waals surface area contributed by atoms with Crippen LogP contribution in [0.3, 0.4) is 0 Å². The first-order valence-corrected chi connectivity index (χ1v) is 18.8. The molecule has 0 radical (unpaired) electrons. The number of nitrogens with zero attached hydrogens (tertiary/aromatic N) is 1. The second-order valence-electron chi connectivity index (χ2n) is 14.9. The summed E-state index contributed by atoms with van der Waals surface area (Å²) >= 11 is 0. The van der Waals surface area contributed by atoms with Crippen molar-refractivity contribution >= 4 is 38.6 Å². The molecule has 54 heavy (non-hydrogen) atoms. The van der Waals surface area contributed by atoms with Crippen LogP contribution in [-0.2, 0) is 5.41 Å².